The molecule has 0 bridgehead atoms. The quantitative estimate of drug-likeness (QED) is 0.0349. The zero-order valence-electron chi connectivity index (χ0n) is 22.1. The van der Waals surface area contributed by atoms with Crippen LogP contribution < -0.4 is 0 Å². The fourth-order valence-corrected chi connectivity index (χ4v) is 3.35. The van der Waals surface area contributed by atoms with Gasteiger partial charge in [0, 0.05) is 11.5 Å². The highest BCUT2D eigenvalue weighted by Gasteiger charge is 2.36. The van der Waals surface area contributed by atoms with E-state index < -0.39 is 16.8 Å². The minimum absolute atomic E-state index is 0.00230. The van der Waals surface area contributed by atoms with E-state index in [-0.39, 0.29) is 53.4 Å². The second-order valence-corrected chi connectivity index (χ2v) is 8.36. The minimum Gasteiger partial charge on any atom is -0.476 e. The highest BCUT2D eigenvalue weighted by atomic mass is 16.7. The Balaban J connectivity index is 5.69. The van der Waals surface area contributed by atoms with Crippen molar-refractivity contribution in [1.82, 2.24) is 0 Å². The van der Waals surface area contributed by atoms with E-state index in [2.05, 4.69) is 39.5 Å². The van der Waals surface area contributed by atoms with Gasteiger partial charge in [0.1, 0.15) is 0 Å². The summed E-state index contributed by atoms with van der Waals surface area (Å²) in [6.07, 6.45) is 11.5. The maximum Gasteiger partial charge on any atom is 0.330 e. The molecule has 0 rings (SSSR count). The molecule has 0 N–H and O–H groups in total. The third kappa shape index (κ3) is 16.5. The molecule has 37 heavy (non-hydrogen) atoms. The lowest BCUT2D eigenvalue weighted by Gasteiger charge is -2.36. The van der Waals surface area contributed by atoms with Gasteiger partial charge in [0.25, 0.3) is 0 Å². The second-order valence-electron chi connectivity index (χ2n) is 8.36. The summed E-state index contributed by atoms with van der Waals surface area (Å²) in [5, 5.41) is 0. The van der Waals surface area contributed by atoms with Gasteiger partial charge < -0.3 is 37.9 Å². The first kappa shape index (κ1) is 34.1. The molecule has 0 aliphatic carbocycles. The van der Waals surface area contributed by atoms with Crippen molar-refractivity contribution in [2.75, 3.05) is 60.0 Å². The molecule has 0 aromatic heterocycles. The molecule has 9 nitrogen and oxygen atoms in total. The van der Waals surface area contributed by atoms with Crippen LogP contribution in [0, 0.1) is 10.8 Å². The van der Waals surface area contributed by atoms with Gasteiger partial charge in [-0.1, -0.05) is 38.5 Å². The van der Waals surface area contributed by atoms with Crippen molar-refractivity contribution in [2.45, 2.75) is 25.7 Å². The molecule has 0 amide bonds. The minimum atomic E-state index is -0.750. The lowest BCUT2D eigenvalue weighted by molar-refractivity contribution is -0.164. The number of hydrogen-bond acceptors (Lipinski definition) is 9. The monoisotopic (exact) mass is 524 g/mol. The first-order valence-electron chi connectivity index (χ1n) is 12.0. The van der Waals surface area contributed by atoms with Gasteiger partial charge in [-0.25, -0.2) is 4.79 Å². The van der Waals surface area contributed by atoms with Crippen LogP contribution in [-0.2, 0) is 42.7 Å². The van der Waals surface area contributed by atoms with Gasteiger partial charge in [-0.15, -0.1) is 13.2 Å². The van der Waals surface area contributed by atoms with Gasteiger partial charge in [0.15, 0.2) is 20.4 Å². The van der Waals surface area contributed by atoms with Crippen molar-refractivity contribution < 1.29 is 42.7 Å². The van der Waals surface area contributed by atoms with Crippen LogP contribution in [0.2, 0.25) is 0 Å². The van der Waals surface area contributed by atoms with Crippen LogP contribution in [0.15, 0.2) is 76.5 Å². The summed E-state index contributed by atoms with van der Waals surface area (Å²) in [6.45, 7) is 22.9. The Labute approximate surface area is 222 Å². The third-order valence-electron chi connectivity index (χ3n) is 5.29. The average Bonchev–Trinajstić information content (AvgIpc) is 2.91. The van der Waals surface area contributed by atoms with Gasteiger partial charge in [0.2, 0.25) is 0 Å². The van der Waals surface area contributed by atoms with Crippen LogP contribution in [0.5, 0.6) is 0 Å². The zero-order valence-corrected chi connectivity index (χ0v) is 22.1. The topological polar surface area (TPSA) is 90.9 Å². The van der Waals surface area contributed by atoms with Gasteiger partial charge in [-0.3, -0.25) is 0 Å². The maximum absolute atomic E-state index is 11.8. The van der Waals surface area contributed by atoms with Crippen molar-refractivity contribution in [3.63, 3.8) is 0 Å². The first-order chi connectivity index (χ1) is 18.0. The highest BCUT2D eigenvalue weighted by Crippen LogP contribution is 2.33. The van der Waals surface area contributed by atoms with E-state index in [4.69, 9.17) is 37.9 Å². The molecule has 0 saturated heterocycles. The van der Waals surface area contributed by atoms with Gasteiger partial charge in [-0.2, -0.15) is 0 Å². The second kappa shape index (κ2) is 22.4. The van der Waals surface area contributed by atoms with Crippen molar-refractivity contribution in [1.29, 1.82) is 0 Å². The summed E-state index contributed by atoms with van der Waals surface area (Å²) >= 11 is 0. The highest BCUT2D eigenvalue weighted by molar-refractivity contribution is 5.81. The normalized spacial score (nSPS) is 11.1. The van der Waals surface area contributed by atoms with E-state index in [9.17, 15) is 4.79 Å². The Morgan fingerprint density at radius 1 is 0.568 bits per heavy atom. The summed E-state index contributed by atoms with van der Waals surface area (Å²) in [7, 11) is 0. The van der Waals surface area contributed by atoms with Crippen LogP contribution in [0.4, 0.5) is 0 Å². The number of carbonyl (C=O) groups is 1. The molecule has 0 aliphatic rings. The molecular formula is C28H44O9. The fraction of sp³-hybridized carbons (Fsp3) is 0.536. The molecule has 0 aromatic rings. The van der Waals surface area contributed by atoms with Crippen LogP contribution in [0.3, 0.4) is 0 Å². The molecule has 210 valence electrons. The molecule has 0 atom stereocenters. The first-order valence-corrected chi connectivity index (χ1v) is 12.0. The summed E-state index contributed by atoms with van der Waals surface area (Å²) in [4.78, 5) is 11.8. The van der Waals surface area contributed by atoms with Crippen LogP contribution in [-0.4, -0.2) is 66.0 Å². The van der Waals surface area contributed by atoms with E-state index in [1.165, 1.54) is 18.8 Å². The number of hydrogen-bond donors (Lipinski definition) is 0. The Morgan fingerprint density at radius 2 is 0.973 bits per heavy atom. The van der Waals surface area contributed by atoms with Crippen molar-refractivity contribution in [3.05, 3.63) is 76.5 Å². The van der Waals surface area contributed by atoms with Gasteiger partial charge >= 0.3 is 5.97 Å². The number of carbonyl (C=O) groups excluding carboxylic acids is 1. The predicted molar refractivity (Wildman–Crippen MR) is 142 cm³/mol. The average molecular weight is 525 g/mol. The third-order valence-corrected chi connectivity index (χ3v) is 5.29. The zero-order chi connectivity index (χ0) is 27.7. The SMILES string of the molecule is C=CCCC(CCC=C)(COCC(COCOC=C)(COCOC=C)COCOC=C)COC(=O)C=C. The van der Waals surface area contributed by atoms with Crippen molar-refractivity contribution >= 4 is 5.97 Å². The molecule has 0 unspecified atom stereocenters. The number of allylic oxidation sites excluding steroid dienone is 2. The molecular weight excluding hydrogens is 480 g/mol. The maximum atomic E-state index is 11.8. The number of ether oxygens (including phenoxy) is 8. The van der Waals surface area contributed by atoms with E-state index in [0.29, 0.717) is 19.4 Å². The summed E-state index contributed by atoms with van der Waals surface area (Å²) in [6, 6.07) is 0. The van der Waals surface area contributed by atoms with E-state index in [0.717, 1.165) is 18.9 Å². The van der Waals surface area contributed by atoms with Gasteiger partial charge in [0.05, 0.1) is 63.8 Å². The van der Waals surface area contributed by atoms with Crippen LogP contribution in [0.1, 0.15) is 25.7 Å². The lowest BCUT2D eigenvalue weighted by atomic mass is 9.80. The molecule has 0 radical (unpaired) electrons. The van der Waals surface area contributed by atoms with Crippen molar-refractivity contribution in [3.8, 4) is 0 Å². The summed E-state index contributed by atoms with van der Waals surface area (Å²) in [5.41, 5.74) is -1.21. The summed E-state index contributed by atoms with van der Waals surface area (Å²) < 4.78 is 44.1. The molecule has 0 heterocycles. The Bertz CT molecular complexity index is 622. The fourth-order valence-electron chi connectivity index (χ4n) is 3.35. The Morgan fingerprint density at radius 3 is 1.35 bits per heavy atom. The molecule has 0 spiro atoms. The van der Waals surface area contributed by atoms with Crippen LogP contribution >= 0.6 is 0 Å². The standard InChI is InChI=1S/C28H44O9/c1-7-13-15-27(16-14-8-2,22-37-26(29)9-3)17-33-18-28(19-34-23-30-10-4,20-35-24-31-11-5)21-36-25-32-12-6/h7-12H,1-6,13-25H2. The molecule has 0 aromatic carbocycles. The molecule has 0 saturated carbocycles. The Hall–Kier alpha value is -2.85. The molecule has 0 aliphatic heterocycles. The molecule has 0 fully saturated rings. The van der Waals surface area contributed by atoms with Gasteiger partial charge in [-0.05, 0) is 25.7 Å². The number of esters is 1. The smallest absolute Gasteiger partial charge is 0.330 e. The largest absolute Gasteiger partial charge is 0.476 e. The number of rotatable bonds is 28. The van der Waals surface area contributed by atoms with Crippen molar-refractivity contribution in [2.24, 2.45) is 10.8 Å². The predicted octanol–water partition coefficient (Wildman–Crippen LogP) is 5.04. The van der Waals surface area contributed by atoms with Crippen LogP contribution in [0.25, 0.3) is 0 Å². The summed E-state index contributed by atoms with van der Waals surface area (Å²) in [5.74, 6) is -0.488. The Kier molecular flexibility index (Phi) is 20.6. The lowest BCUT2D eigenvalue weighted by Crippen LogP contribution is -2.44. The van der Waals surface area contributed by atoms with E-state index in [1.807, 2.05) is 12.2 Å². The molecule has 9 heteroatoms. The van der Waals surface area contributed by atoms with E-state index in [1.54, 1.807) is 0 Å². The van der Waals surface area contributed by atoms with E-state index >= 15 is 0 Å².